The number of sulfonamides is 1. The minimum Gasteiger partial charge on any atom is -0.391 e. The van der Waals surface area contributed by atoms with Crippen LogP contribution in [-0.2, 0) is 28.3 Å². The van der Waals surface area contributed by atoms with E-state index in [0.717, 1.165) is 10.00 Å². The number of β-amino-alcohol motifs (C(OH)–C–C–N with tert-alkyl or cyclic N) is 1. The van der Waals surface area contributed by atoms with E-state index in [9.17, 15) is 18.3 Å². The summed E-state index contributed by atoms with van der Waals surface area (Å²) in [7, 11) is 1.36. The Morgan fingerprint density at radius 3 is 2.70 bits per heavy atom. The zero-order chi connectivity index (χ0) is 17.2. The topological polar surface area (TPSA) is 95.7 Å². The monoisotopic (exact) mass is 344 g/mol. The third-order valence-corrected chi connectivity index (χ3v) is 6.22. The molecule has 1 N–H and O–H groups in total. The van der Waals surface area contributed by atoms with E-state index >= 15 is 0 Å². The summed E-state index contributed by atoms with van der Waals surface area (Å²) in [5, 5.41) is 14.1. The molecule has 0 aliphatic carbocycles. The van der Waals surface area contributed by atoms with Gasteiger partial charge in [-0.2, -0.15) is 5.10 Å². The summed E-state index contributed by atoms with van der Waals surface area (Å²) in [5.74, 6) is -0.662. The second kappa shape index (κ2) is 6.98. The number of hydrogen-bond acceptors (Lipinski definition) is 5. The number of rotatable bonds is 6. The number of carbonyl (C=O) groups excluding carboxylic acids is 1. The van der Waals surface area contributed by atoms with Gasteiger partial charge >= 0.3 is 0 Å². The van der Waals surface area contributed by atoms with Gasteiger partial charge in [-0.15, -0.1) is 0 Å². The molecule has 0 unspecified atom stereocenters. The van der Waals surface area contributed by atoms with Crippen LogP contribution in [0.5, 0.6) is 0 Å². The zero-order valence-electron chi connectivity index (χ0n) is 13.7. The number of nitrogens with zero attached hydrogens (tertiary/aromatic N) is 4. The summed E-state index contributed by atoms with van der Waals surface area (Å²) >= 11 is 0. The van der Waals surface area contributed by atoms with Crippen LogP contribution < -0.4 is 0 Å². The van der Waals surface area contributed by atoms with Crippen LogP contribution in [0.15, 0.2) is 12.3 Å². The Labute approximate surface area is 136 Å². The van der Waals surface area contributed by atoms with Gasteiger partial charge in [0.15, 0.2) is 0 Å². The minimum absolute atomic E-state index is 0.0741. The Hall–Kier alpha value is -1.45. The molecule has 2 heterocycles. The standard InChI is InChI=1S/C14H24N4O4S/c1-16(2)23(21,22)10-11-8-18(9-13(11)19)14(20)5-4-12-6-7-15-17(12)3/h6-7,11,13,19H,4-5,8-10H2,1-3H3/t11-,13-/m0/s1. The van der Waals surface area contributed by atoms with E-state index in [1.165, 1.54) is 14.1 Å². The van der Waals surface area contributed by atoms with Gasteiger partial charge in [-0.3, -0.25) is 9.48 Å². The number of carbonyl (C=O) groups is 1. The van der Waals surface area contributed by atoms with E-state index in [1.807, 2.05) is 13.1 Å². The Bertz CT molecular complexity index is 655. The number of aliphatic hydroxyl groups is 1. The van der Waals surface area contributed by atoms with E-state index in [1.54, 1.807) is 15.8 Å². The highest BCUT2D eigenvalue weighted by Crippen LogP contribution is 2.21. The van der Waals surface area contributed by atoms with Crippen molar-refractivity contribution in [1.29, 1.82) is 0 Å². The highest BCUT2D eigenvalue weighted by Gasteiger charge is 2.37. The number of aliphatic hydroxyl groups excluding tert-OH is 1. The van der Waals surface area contributed by atoms with Crippen LogP contribution in [0.25, 0.3) is 0 Å². The molecule has 2 atom stereocenters. The fraction of sp³-hybridized carbons (Fsp3) is 0.714. The molecule has 0 aromatic carbocycles. The van der Waals surface area contributed by atoms with Crippen molar-refractivity contribution < 1.29 is 18.3 Å². The molecule has 2 rings (SSSR count). The van der Waals surface area contributed by atoms with Gasteiger partial charge in [0, 0.05) is 58.5 Å². The van der Waals surface area contributed by atoms with Gasteiger partial charge in [-0.1, -0.05) is 0 Å². The molecule has 23 heavy (non-hydrogen) atoms. The maximum absolute atomic E-state index is 12.3. The molecule has 8 nitrogen and oxygen atoms in total. The molecule has 1 aromatic rings. The lowest BCUT2D eigenvalue weighted by molar-refractivity contribution is -0.130. The van der Waals surface area contributed by atoms with Crippen molar-refractivity contribution in [3.8, 4) is 0 Å². The zero-order valence-corrected chi connectivity index (χ0v) is 14.5. The first-order valence-electron chi connectivity index (χ1n) is 7.53. The third kappa shape index (κ3) is 4.30. The first kappa shape index (κ1) is 17.9. The number of aryl methyl sites for hydroxylation is 2. The van der Waals surface area contributed by atoms with E-state index in [-0.39, 0.29) is 24.7 Å². The lowest BCUT2D eigenvalue weighted by atomic mass is 10.1. The second-order valence-corrected chi connectivity index (χ2v) is 8.36. The van der Waals surface area contributed by atoms with Crippen LogP contribution in [0.4, 0.5) is 0 Å². The van der Waals surface area contributed by atoms with E-state index in [4.69, 9.17) is 0 Å². The van der Waals surface area contributed by atoms with Crippen LogP contribution >= 0.6 is 0 Å². The summed E-state index contributed by atoms with van der Waals surface area (Å²) in [6.45, 7) is 0.469. The van der Waals surface area contributed by atoms with E-state index in [2.05, 4.69) is 5.10 Å². The van der Waals surface area contributed by atoms with Crippen molar-refractivity contribution in [1.82, 2.24) is 19.0 Å². The average molecular weight is 344 g/mol. The SMILES string of the molecule is CN(C)S(=O)(=O)C[C@@H]1CN(C(=O)CCc2ccnn2C)C[C@@H]1O. The van der Waals surface area contributed by atoms with Crippen LogP contribution in [0.3, 0.4) is 0 Å². The largest absolute Gasteiger partial charge is 0.391 e. The van der Waals surface area contributed by atoms with Gasteiger partial charge in [-0.25, -0.2) is 12.7 Å². The fourth-order valence-corrected chi connectivity index (χ4v) is 3.85. The van der Waals surface area contributed by atoms with Gasteiger partial charge in [0.2, 0.25) is 15.9 Å². The van der Waals surface area contributed by atoms with Crippen LogP contribution in [0.1, 0.15) is 12.1 Å². The molecule has 1 aromatic heterocycles. The summed E-state index contributed by atoms with van der Waals surface area (Å²) < 4.78 is 26.7. The fourth-order valence-electron chi connectivity index (χ4n) is 2.68. The summed E-state index contributed by atoms with van der Waals surface area (Å²) in [6, 6.07) is 1.86. The summed E-state index contributed by atoms with van der Waals surface area (Å²) in [5.41, 5.74) is 0.963. The van der Waals surface area contributed by atoms with Crippen molar-refractivity contribution in [3.63, 3.8) is 0 Å². The molecule has 1 amide bonds. The summed E-state index contributed by atoms with van der Waals surface area (Å²) in [4.78, 5) is 13.8. The van der Waals surface area contributed by atoms with E-state index in [0.29, 0.717) is 12.8 Å². The minimum atomic E-state index is -3.39. The van der Waals surface area contributed by atoms with Gasteiger partial charge < -0.3 is 10.0 Å². The van der Waals surface area contributed by atoms with Gasteiger partial charge in [0.1, 0.15) is 0 Å². The molecule has 1 fully saturated rings. The average Bonchev–Trinajstić information content (AvgIpc) is 3.02. The summed E-state index contributed by atoms with van der Waals surface area (Å²) in [6.07, 6.45) is 1.77. The Balaban J connectivity index is 1.90. The quantitative estimate of drug-likeness (QED) is 0.719. The molecular formula is C14H24N4O4S. The molecule has 9 heteroatoms. The van der Waals surface area contributed by atoms with Crippen LogP contribution in [0.2, 0.25) is 0 Å². The molecular weight excluding hydrogens is 320 g/mol. The van der Waals surface area contributed by atoms with Crippen molar-refractivity contribution in [3.05, 3.63) is 18.0 Å². The smallest absolute Gasteiger partial charge is 0.223 e. The second-order valence-electron chi connectivity index (χ2n) is 6.13. The lowest BCUT2D eigenvalue weighted by Crippen LogP contribution is -2.33. The van der Waals surface area contributed by atoms with Crippen molar-refractivity contribution >= 4 is 15.9 Å². The van der Waals surface area contributed by atoms with Crippen molar-refractivity contribution in [2.45, 2.75) is 18.9 Å². The van der Waals surface area contributed by atoms with Crippen LogP contribution in [-0.4, -0.2) is 77.5 Å². The highest BCUT2D eigenvalue weighted by molar-refractivity contribution is 7.89. The van der Waals surface area contributed by atoms with Gasteiger partial charge in [-0.05, 0) is 12.5 Å². The van der Waals surface area contributed by atoms with Gasteiger partial charge in [0.05, 0.1) is 11.9 Å². The number of aromatic nitrogens is 2. The van der Waals surface area contributed by atoms with Crippen molar-refractivity contribution in [2.75, 3.05) is 32.9 Å². The lowest BCUT2D eigenvalue weighted by Gasteiger charge is -2.18. The Morgan fingerprint density at radius 1 is 1.43 bits per heavy atom. The number of hydrogen-bond donors (Lipinski definition) is 1. The maximum Gasteiger partial charge on any atom is 0.223 e. The molecule has 1 aliphatic rings. The first-order valence-corrected chi connectivity index (χ1v) is 9.14. The number of amides is 1. The van der Waals surface area contributed by atoms with Crippen LogP contribution in [0, 0.1) is 5.92 Å². The predicted molar refractivity (Wildman–Crippen MR) is 85.1 cm³/mol. The van der Waals surface area contributed by atoms with Gasteiger partial charge in [0.25, 0.3) is 0 Å². The molecule has 1 aliphatic heterocycles. The van der Waals surface area contributed by atoms with E-state index < -0.39 is 22.0 Å². The molecule has 0 radical (unpaired) electrons. The molecule has 0 saturated carbocycles. The molecule has 1 saturated heterocycles. The highest BCUT2D eigenvalue weighted by atomic mass is 32.2. The predicted octanol–water partition coefficient (Wildman–Crippen LogP) is -0.937. The molecule has 0 spiro atoms. The normalized spacial score (nSPS) is 22.0. The van der Waals surface area contributed by atoms with Crippen molar-refractivity contribution in [2.24, 2.45) is 13.0 Å². The first-order chi connectivity index (χ1) is 10.7. The Morgan fingerprint density at radius 2 is 2.13 bits per heavy atom. The molecule has 0 bridgehead atoms. The molecule has 130 valence electrons. The maximum atomic E-state index is 12.3. The number of likely N-dealkylation sites (tertiary alicyclic amines) is 1. The third-order valence-electron chi connectivity index (χ3n) is 4.26. The Kier molecular flexibility index (Phi) is 5.43.